The number of rotatable bonds is 8. The molecule has 0 bridgehead atoms. The maximum Gasteiger partial charge on any atom is -0.00129 e. The van der Waals surface area contributed by atoms with Gasteiger partial charge in [0.15, 0.2) is 0 Å². The van der Waals surface area contributed by atoms with Crippen molar-refractivity contribution >= 4 is 7.92 Å². The standard InChI is InChI=1S/C18H40NP/c1-10-13-16(14-15-19(11-2)12-3)20(17(4,5)6)18(7,8)9/h16H,10-15H2,1-9H3. The highest BCUT2D eigenvalue weighted by molar-refractivity contribution is 7.61. The van der Waals surface area contributed by atoms with E-state index in [-0.39, 0.29) is 7.92 Å². The molecule has 0 saturated carbocycles. The van der Waals surface area contributed by atoms with Gasteiger partial charge in [-0.3, -0.25) is 0 Å². The zero-order valence-corrected chi connectivity index (χ0v) is 16.6. The van der Waals surface area contributed by atoms with Crippen LogP contribution in [0, 0.1) is 0 Å². The average molecular weight is 301 g/mol. The van der Waals surface area contributed by atoms with Crippen molar-refractivity contribution in [2.45, 2.75) is 97.5 Å². The van der Waals surface area contributed by atoms with Gasteiger partial charge >= 0.3 is 0 Å². The second-order valence-electron chi connectivity index (χ2n) is 7.97. The molecule has 0 saturated heterocycles. The number of hydrogen-bond donors (Lipinski definition) is 0. The quantitative estimate of drug-likeness (QED) is 0.499. The summed E-state index contributed by atoms with van der Waals surface area (Å²) in [5.74, 6) is 0. The fourth-order valence-corrected chi connectivity index (χ4v) is 8.80. The molecule has 0 fully saturated rings. The molecule has 1 nitrogen and oxygen atoms in total. The van der Waals surface area contributed by atoms with Crippen molar-refractivity contribution in [3.05, 3.63) is 0 Å². The molecule has 0 aromatic rings. The van der Waals surface area contributed by atoms with Crippen LogP contribution in [0.1, 0.15) is 81.6 Å². The van der Waals surface area contributed by atoms with Gasteiger partial charge in [0.05, 0.1) is 0 Å². The number of hydrogen-bond acceptors (Lipinski definition) is 1. The molecule has 0 rings (SSSR count). The molecule has 0 radical (unpaired) electrons. The molecule has 0 aromatic heterocycles. The van der Waals surface area contributed by atoms with E-state index in [0.717, 1.165) is 5.66 Å². The van der Waals surface area contributed by atoms with E-state index >= 15 is 0 Å². The first-order valence-electron chi connectivity index (χ1n) is 8.59. The second kappa shape index (κ2) is 8.74. The third-order valence-electron chi connectivity index (χ3n) is 4.11. The Bertz CT molecular complexity index is 231. The maximum atomic E-state index is 2.58. The van der Waals surface area contributed by atoms with Crippen LogP contribution in [-0.2, 0) is 0 Å². The molecule has 0 heterocycles. The van der Waals surface area contributed by atoms with Gasteiger partial charge in [-0.2, -0.15) is 0 Å². The normalized spacial score (nSPS) is 15.2. The molecular formula is C18H40NP. The van der Waals surface area contributed by atoms with Crippen LogP contribution in [0.3, 0.4) is 0 Å². The predicted octanol–water partition coefficient (Wildman–Crippen LogP) is 5.97. The van der Waals surface area contributed by atoms with Gasteiger partial charge in [0, 0.05) is 0 Å². The van der Waals surface area contributed by atoms with E-state index in [4.69, 9.17) is 0 Å². The topological polar surface area (TPSA) is 3.24 Å². The third-order valence-corrected chi connectivity index (χ3v) is 8.24. The summed E-state index contributed by atoms with van der Waals surface area (Å²) < 4.78 is 0. The second-order valence-corrected chi connectivity index (χ2v) is 12.1. The summed E-state index contributed by atoms with van der Waals surface area (Å²) in [7, 11) is 0.0206. The van der Waals surface area contributed by atoms with Crippen LogP contribution in [0.5, 0.6) is 0 Å². The lowest BCUT2D eigenvalue weighted by molar-refractivity contribution is 0.296. The van der Waals surface area contributed by atoms with Gasteiger partial charge in [0.25, 0.3) is 0 Å². The minimum absolute atomic E-state index is 0.0206. The first-order valence-corrected chi connectivity index (χ1v) is 10.0. The van der Waals surface area contributed by atoms with Crippen LogP contribution in [-0.4, -0.2) is 40.5 Å². The van der Waals surface area contributed by atoms with Gasteiger partial charge in [-0.1, -0.05) is 76.7 Å². The molecule has 0 aromatic carbocycles. The fourth-order valence-electron chi connectivity index (χ4n) is 3.71. The summed E-state index contributed by atoms with van der Waals surface area (Å²) in [6.45, 7) is 25.4. The summed E-state index contributed by atoms with van der Waals surface area (Å²) in [6.07, 6.45) is 4.12. The lowest BCUT2D eigenvalue weighted by Gasteiger charge is -2.47. The van der Waals surface area contributed by atoms with Crippen LogP contribution in [0.4, 0.5) is 0 Å². The predicted molar refractivity (Wildman–Crippen MR) is 97.5 cm³/mol. The Morgan fingerprint density at radius 2 is 1.25 bits per heavy atom. The lowest BCUT2D eigenvalue weighted by atomic mass is 10.2. The zero-order valence-electron chi connectivity index (χ0n) is 15.7. The molecular weight excluding hydrogens is 261 g/mol. The molecule has 1 atom stereocenters. The highest BCUT2D eigenvalue weighted by Gasteiger charge is 2.39. The molecule has 0 spiro atoms. The summed E-state index contributed by atoms with van der Waals surface area (Å²) in [5.41, 5.74) is 0.913. The SMILES string of the molecule is CCCC(CCN(CC)CC)P(C(C)(C)C)C(C)(C)C. The molecule has 122 valence electrons. The Hall–Kier alpha value is 0.390. The number of nitrogens with zero attached hydrogens (tertiary/aromatic N) is 1. The molecule has 0 aliphatic heterocycles. The van der Waals surface area contributed by atoms with E-state index in [9.17, 15) is 0 Å². The first-order chi connectivity index (χ1) is 9.07. The van der Waals surface area contributed by atoms with Crippen molar-refractivity contribution < 1.29 is 0 Å². The van der Waals surface area contributed by atoms with E-state index < -0.39 is 0 Å². The Morgan fingerprint density at radius 1 is 0.800 bits per heavy atom. The van der Waals surface area contributed by atoms with Gasteiger partial charge in [-0.25, -0.2) is 0 Å². The minimum atomic E-state index is 0.0206. The molecule has 2 heteroatoms. The lowest BCUT2D eigenvalue weighted by Crippen LogP contribution is -2.34. The zero-order chi connectivity index (χ0) is 16.0. The van der Waals surface area contributed by atoms with Crippen LogP contribution >= 0.6 is 7.92 Å². The fraction of sp³-hybridized carbons (Fsp3) is 1.00. The van der Waals surface area contributed by atoms with Crippen molar-refractivity contribution in [1.29, 1.82) is 0 Å². The van der Waals surface area contributed by atoms with E-state index in [1.54, 1.807) is 0 Å². The third kappa shape index (κ3) is 6.90. The van der Waals surface area contributed by atoms with Crippen LogP contribution in [0.15, 0.2) is 0 Å². The molecule has 1 unspecified atom stereocenters. The van der Waals surface area contributed by atoms with E-state index in [1.165, 1.54) is 38.9 Å². The summed E-state index contributed by atoms with van der Waals surface area (Å²) in [5, 5.41) is 0.910. The van der Waals surface area contributed by atoms with E-state index in [0.29, 0.717) is 10.3 Å². The Morgan fingerprint density at radius 3 is 1.55 bits per heavy atom. The summed E-state index contributed by atoms with van der Waals surface area (Å²) in [6, 6.07) is 0. The molecule has 0 amide bonds. The van der Waals surface area contributed by atoms with Crippen molar-refractivity contribution in [2.75, 3.05) is 19.6 Å². The van der Waals surface area contributed by atoms with Crippen molar-refractivity contribution in [2.24, 2.45) is 0 Å². The minimum Gasteiger partial charge on any atom is -0.304 e. The van der Waals surface area contributed by atoms with Gasteiger partial charge in [-0.05, 0) is 48.4 Å². The Kier molecular flexibility index (Phi) is 8.91. The Balaban J connectivity index is 5.00. The van der Waals surface area contributed by atoms with Gasteiger partial charge in [0.2, 0.25) is 0 Å². The van der Waals surface area contributed by atoms with Gasteiger partial charge in [-0.15, -0.1) is 0 Å². The maximum absolute atomic E-state index is 2.58. The highest BCUT2D eigenvalue weighted by Crippen LogP contribution is 2.64. The largest absolute Gasteiger partial charge is 0.304 e. The molecule has 0 aliphatic carbocycles. The molecule has 0 aliphatic rings. The van der Waals surface area contributed by atoms with Crippen molar-refractivity contribution in [3.63, 3.8) is 0 Å². The summed E-state index contributed by atoms with van der Waals surface area (Å²) >= 11 is 0. The van der Waals surface area contributed by atoms with E-state index in [2.05, 4.69) is 67.2 Å². The smallest absolute Gasteiger partial charge is 0.00129 e. The van der Waals surface area contributed by atoms with Crippen molar-refractivity contribution in [3.8, 4) is 0 Å². The van der Waals surface area contributed by atoms with Crippen LogP contribution in [0.25, 0.3) is 0 Å². The highest BCUT2D eigenvalue weighted by atomic mass is 31.1. The van der Waals surface area contributed by atoms with Gasteiger partial charge in [0.1, 0.15) is 0 Å². The first kappa shape index (κ1) is 20.4. The summed E-state index contributed by atoms with van der Waals surface area (Å²) in [4.78, 5) is 2.58. The van der Waals surface area contributed by atoms with Crippen molar-refractivity contribution in [1.82, 2.24) is 4.90 Å². The molecule has 0 N–H and O–H groups in total. The van der Waals surface area contributed by atoms with Gasteiger partial charge < -0.3 is 4.90 Å². The average Bonchev–Trinajstić information content (AvgIpc) is 2.26. The molecule has 20 heavy (non-hydrogen) atoms. The van der Waals surface area contributed by atoms with Crippen LogP contribution < -0.4 is 0 Å². The monoisotopic (exact) mass is 301 g/mol. The van der Waals surface area contributed by atoms with Crippen LogP contribution in [0.2, 0.25) is 0 Å². The Labute approximate surface area is 130 Å². The van der Waals surface area contributed by atoms with E-state index in [1.807, 2.05) is 0 Å².